The van der Waals surface area contributed by atoms with Crippen LogP contribution in [0.25, 0.3) is 0 Å². The van der Waals surface area contributed by atoms with Gasteiger partial charge in [-0.2, -0.15) is 0 Å². The number of hydrogen-bond acceptors (Lipinski definition) is 1. The summed E-state index contributed by atoms with van der Waals surface area (Å²) in [5, 5.41) is 3.53. The molecular weight excluding hydrogens is 290 g/mol. The van der Waals surface area contributed by atoms with Crippen LogP contribution in [0.15, 0.2) is 66.7 Å². The Morgan fingerprint density at radius 3 is 1.88 bits per heavy atom. The van der Waals surface area contributed by atoms with Crippen molar-refractivity contribution >= 4 is 5.69 Å². The van der Waals surface area contributed by atoms with Crippen LogP contribution >= 0.6 is 0 Å². The fourth-order valence-corrected chi connectivity index (χ4v) is 3.00. The zero-order valence-corrected chi connectivity index (χ0v) is 14.8. The molecule has 3 rings (SSSR count). The largest absolute Gasteiger partial charge is 0.381 e. The highest BCUT2D eigenvalue weighted by Gasteiger charge is 2.02. The molecule has 0 aliphatic rings. The third kappa shape index (κ3) is 4.05. The first kappa shape index (κ1) is 16.3. The van der Waals surface area contributed by atoms with Crippen molar-refractivity contribution in [3.05, 3.63) is 100 Å². The van der Waals surface area contributed by atoms with Crippen molar-refractivity contribution in [3.8, 4) is 0 Å². The van der Waals surface area contributed by atoms with E-state index in [1.54, 1.807) is 0 Å². The molecule has 0 fully saturated rings. The van der Waals surface area contributed by atoms with Gasteiger partial charge in [0.15, 0.2) is 0 Å². The van der Waals surface area contributed by atoms with Gasteiger partial charge in [0.2, 0.25) is 0 Å². The molecule has 3 aromatic rings. The van der Waals surface area contributed by atoms with Gasteiger partial charge in [-0.15, -0.1) is 0 Å². The molecule has 0 saturated heterocycles. The maximum Gasteiger partial charge on any atom is 0.0400 e. The summed E-state index contributed by atoms with van der Waals surface area (Å²) in [5.74, 6) is 0. The van der Waals surface area contributed by atoms with E-state index in [2.05, 4.69) is 92.8 Å². The highest BCUT2D eigenvalue weighted by atomic mass is 14.9. The molecule has 0 unspecified atom stereocenters. The molecule has 0 amide bonds. The number of aryl methyl sites for hydroxylation is 2. The minimum absolute atomic E-state index is 0.861. The first-order chi connectivity index (χ1) is 11.6. The van der Waals surface area contributed by atoms with E-state index >= 15 is 0 Å². The third-order valence-corrected chi connectivity index (χ3v) is 4.69. The number of benzene rings is 3. The summed E-state index contributed by atoms with van der Waals surface area (Å²) in [6, 6.07) is 23.9. The summed E-state index contributed by atoms with van der Waals surface area (Å²) in [7, 11) is 0. The van der Waals surface area contributed by atoms with Gasteiger partial charge in [-0.3, -0.25) is 0 Å². The standard InChI is InChI=1S/C23H25N/c1-17-13-22(14-18(2)19(17)3)16-24-23-11-9-21(10-12-23)15-20-7-5-4-6-8-20/h4-14,24H,15-16H2,1-3H3. The fraction of sp³-hybridized carbons (Fsp3) is 0.217. The number of rotatable bonds is 5. The fourth-order valence-electron chi connectivity index (χ4n) is 3.00. The van der Waals surface area contributed by atoms with Gasteiger partial charge < -0.3 is 5.32 Å². The molecule has 0 atom stereocenters. The molecule has 1 N–H and O–H groups in total. The number of anilines is 1. The van der Waals surface area contributed by atoms with E-state index in [1.807, 2.05) is 0 Å². The highest BCUT2D eigenvalue weighted by molar-refractivity contribution is 5.47. The normalized spacial score (nSPS) is 10.6. The lowest BCUT2D eigenvalue weighted by atomic mass is 10.0. The van der Waals surface area contributed by atoms with Crippen LogP contribution in [0.1, 0.15) is 33.4 Å². The number of hydrogen-bond donors (Lipinski definition) is 1. The number of nitrogens with one attached hydrogen (secondary N) is 1. The lowest BCUT2D eigenvalue weighted by Crippen LogP contribution is -2.01. The highest BCUT2D eigenvalue weighted by Crippen LogP contribution is 2.18. The van der Waals surface area contributed by atoms with Crippen molar-refractivity contribution in [2.24, 2.45) is 0 Å². The summed E-state index contributed by atoms with van der Waals surface area (Å²) in [4.78, 5) is 0. The molecule has 0 saturated carbocycles. The summed E-state index contributed by atoms with van der Waals surface area (Å²) in [5.41, 5.74) is 9.32. The Morgan fingerprint density at radius 1 is 0.667 bits per heavy atom. The molecule has 0 aliphatic heterocycles. The molecule has 1 nitrogen and oxygen atoms in total. The van der Waals surface area contributed by atoms with E-state index in [9.17, 15) is 0 Å². The Balaban J connectivity index is 1.62. The Bertz CT molecular complexity index is 778. The first-order valence-electron chi connectivity index (χ1n) is 8.55. The monoisotopic (exact) mass is 315 g/mol. The van der Waals surface area contributed by atoms with Gasteiger partial charge in [-0.25, -0.2) is 0 Å². The van der Waals surface area contributed by atoms with Gasteiger partial charge in [0.1, 0.15) is 0 Å². The van der Waals surface area contributed by atoms with Crippen molar-refractivity contribution in [2.45, 2.75) is 33.7 Å². The van der Waals surface area contributed by atoms with E-state index < -0.39 is 0 Å². The maximum atomic E-state index is 3.53. The maximum absolute atomic E-state index is 3.53. The molecule has 0 radical (unpaired) electrons. The minimum Gasteiger partial charge on any atom is -0.381 e. The van der Waals surface area contributed by atoms with Gasteiger partial charge in [-0.05, 0) is 72.7 Å². The summed E-state index contributed by atoms with van der Waals surface area (Å²) in [6.45, 7) is 7.42. The van der Waals surface area contributed by atoms with Gasteiger partial charge in [0.25, 0.3) is 0 Å². The molecule has 0 bridgehead atoms. The zero-order valence-electron chi connectivity index (χ0n) is 14.8. The van der Waals surface area contributed by atoms with Gasteiger partial charge in [0.05, 0.1) is 0 Å². The lowest BCUT2D eigenvalue weighted by Gasteiger charge is -2.11. The first-order valence-corrected chi connectivity index (χ1v) is 8.55. The second kappa shape index (κ2) is 7.35. The van der Waals surface area contributed by atoms with E-state index in [0.717, 1.165) is 13.0 Å². The van der Waals surface area contributed by atoms with Crippen LogP contribution in [0, 0.1) is 20.8 Å². The molecule has 0 aliphatic carbocycles. The average molecular weight is 315 g/mol. The van der Waals surface area contributed by atoms with Gasteiger partial charge in [0, 0.05) is 12.2 Å². The van der Waals surface area contributed by atoms with E-state index in [0.29, 0.717) is 0 Å². The van der Waals surface area contributed by atoms with E-state index in [-0.39, 0.29) is 0 Å². The topological polar surface area (TPSA) is 12.0 Å². The van der Waals surface area contributed by atoms with Crippen molar-refractivity contribution in [1.82, 2.24) is 0 Å². The van der Waals surface area contributed by atoms with Crippen LogP contribution < -0.4 is 5.32 Å². The van der Waals surface area contributed by atoms with Crippen molar-refractivity contribution in [3.63, 3.8) is 0 Å². The molecule has 3 aromatic carbocycles. The van der Waals surface area contributed by atoms with Gasteiger partial charge in [-0.1, -0.05) is 54.6 Å². The molecule has 24 heavy (non-hydrogen) atoms. The summed E-state index contributed by atoms with van der Waals surface area (Å²) >= 11 is 0. The lowest BCUT2D eigenvalue weighted by molar-refractivity contribution is 1.11. The van der Waals surface area contributed by atoms with E-state index in [4.69, 9.17) is 0 Å². The third-order valence-electron chi connectivity index (χ3n) is 4.69. The minimum atomic E-state index is 0.861. The average Bonchev–Trinajstić information content (AvgIpc) is 2.60. The Hall–Kier alpha value is -2.54. The molecular formula is C23H25N. The predicted molar refractivity (Wildman–Crippen MR) is 104 cm³/mol. The van der Waals surface area contributed by atoms with E-state index in [1.165, 1.54) is 39.1 Å². The SMILES string of the molecule is Cc1cc(CNc2ccc(Cc3ccccc3)cc2)cc(C)c1C. The Morgan fingerprint density at radius 2 is 1.25 bits per heavy atom. The molecule has 122 valence electrons. The predicted octanol–water partition coefficient (Wildman–Crippen LogP) is 5.81. The van der Waals surface area contributed by atoms with Crippen molar-refractivity contribution in [2.75, 3.05) is 5.32 Å². The van der Waals surface area contributed by atoms with Crippen LogP contribution in [-0.2, 0) is 13.0 Å². The quantitative estimate of drug-likeness (QED) is 0.626. The van der Waals surface area contributed by atoms with Crippen LogP contribution in [0.3, 0.4) is 0 Å². The second-order valence-electron chi connectivity index (χ2n) is 6.57. The van der Waals surface area contributed by atoms with Crippen LogP contribution in [0.2, 0.25) is 0 Å². The molecule has 0 aromatic heterocycles. The zero-order chi connectivity index (χ0) is 16.9. The Kier molecular flexibility index (Phi) is 5.00. The summed E-state index contributed by atoms with van der Waals surface area (Å²) < 4.78 is 0. The van der Waals surface area contributed by atoms with Crippen LogP contribution in [0.4, 0.5) is 5.69 Å². The summed E-state index contributed by atoms with van der Waals surface area (Å²) in [6.07, 6.45) is 0.984. The van der Waals surface area contributed by atoms with Crippen molar-refractivity contribution < 1.29 is 0 Å². The molecule has 0 spiro atoms. The molecule has 0 heterocycles. The second-order valence-corrected chi connectivity index (χ2v) is 6.57. The van der Waals surface area contributed by atoms with Crippen molar-refractivity contribution in [1.29, 1.82) is 0 Å². The van der Waals surface area contributed by atoms with Gasteiger partial charge >= 0.3 is 0 Å². The van der Waals surface area contributed by atoms with Crippen LogP contribution in [-0.4, -0.2) is 0 Å². The Labute approximate surface area is 145 Å². The smallest absolute Gasteiger partial charge is 0.0400 e. The molecule has 1 heteroatoms. The van der Waals surface area contributed by atoms with Crippen LogP contribution in [0.5, 0.6) is 0 Å².